The minimum atomic E-state index is -0.404. The number of thiocarbonyl (C=S) groups is 1. The lowest BCUT2D eigenvalue weighted by Gasteiger charge is -2.13. The summed E-state index contributed by atoms with van der Waals surface area (Å²) in [5, 5.41) is 6.50. The Labute approximate surface area is 139 Å². The van der Waals surface area contributed by atoms with Crippen LogP contribution in [0.25, 0.3) is 0 Å². The Morgan fingerprint density at radius 1 is 1.22 bits per heavy atom. The molecule has 0 saturated carbocycles. The van der Waals surface area contributed by atoms with Gasteiger partial charge in [-0.1, -0.05) is 18.2 Å². The van der Waals surface area contributed by atoms with E-state index < -0.39 is 5.97 Å². The summed E-state index contributed by atoms with van der Waals surface area (Å²) in [7, 11) is 1.34. The normalized spacial score (nSPS) is 10.0. The van der Waals surface area contributed by atoms with Crippen LogP contribution in [0, 0.1) is 12.7 Å². The van der Waals surface area contributed by atoms with Crippen molar-refractivity contribution >= 4 is 29.0 Å². The lowest BCUT2D eigenvalue weighted by Crippen LogP contribution is -2.28. The molecule has 0 amide bonds. The number of halogens is 1. The van der Waals surface area contributed by atoms with E-state index in [0.29, 0.717) is 17.2 Å². The molecule has 23 heavy (non-hydrogen) atoms. The number of aryl methyl sites for hydroxylation is 1. The number of carbonyl (C=O) groups is 1. The van der Waals surface area contributed by atoms with Gasteiger partial charge >= 0.3 is 5.97 Å². The number of rotatable bonds is 4. The molecule has 0 aromatic heterocycles. The number of anilines is 1. The molecule has 4 nitrogen and oxygen atoms in total. The van der Waals surface area contributed by atoms with Gasteiger partial charge in [0.2, 0.25) is 0 Å². The zero-order chi connectivity index (χ0) is 16.8. The van der Waals surface area contributed by atoms with Gasteiger partial charge in [0.1, 0.15) is 5.82 Å². The van der Waals surface area contributed by atoms with Crippen LogP contribution in [-0.2, 0) is 11.3 Å². The highest BCUT2D eigenvalue weighted by atomic mass is 32.1. The van der Waals surface area contributed by atoms with Crippen LogP contribution < -0.4 is 10.6 Å². The minimum Gasteiger partial charge on any atom is -0.465 e. The van der Waals surface area contributed by atoms with Gasteiger partial charge in [0, 0.05) is 12.2 Å². The Morgan fingerprint density at radius 2 is 1.91 bits per heavy atom. The molecule has 0 radical (unpaired) electrons. The number of carbonyl (C=O) groups excluding carboxylic acids is 1. The van der Waals surface area contributed by atoms with E-state index in [1.165, 1.54) is 19.2 Å². The van der Waals surface area contributed by atoms with Gasteiger partial charge in [-0.2, -0.15) is 0 Å². The van der Waals surface area contributed by atoms with Crippen LogP contribution in [0.15, 0.2) is 42.5 Å². The number of hydrogen-bond donors (Lipinski definition) is 2. The molecule has 0 aliphatic heterocycles. The summed E-state index contributed by atoms with van der Waals surface area (Å²) in [6.45, 7) is 2.38. The molecule has 0 aliphatic rings. The van der Waals surface area contributed by atoms with Crippen molar-refractivity contribution in [2.75, 3.05) is 12.4 Å². The number of methoxy groups -OCH3 is 1. The van der Waals surface area contributed by atoms with Gasteiger partial charge in [0.05, 0.1) is 12.7 Å². The van der Waals surface area contributed by atoms with Crippen LogP contribution in [0.3, 0.4) is 0 Å². The highest BCUT2D eigenvalue weighted by Gasteiger charge is 2.09. The molecular weight excluding hydrogens is 315 g/mol. The Morgan fingerprint density at radius 3 is 2.57 bits per heavy atom. The maximum absolute atomic E-state index is 12.9. The molecule has 120 valence electrons. The number of hydrogen-bond acceptors (Lipinski definition) is 3. The average molecular weight is 332 g/mol. The molecule has 0 bridgehead atoms. The molecular formula is C17H17FN2O2S. The molecule has 0 aliphatic carbocycles. The fourth-order valence-corrected chi connectivity index (χ4v) is 2.13. The highest BCUT2D eigenvalue weighted by molar-refractivity contribution is 7.80. The number of benzene rings is 2. The maximum atomic E-state index is 12.9. The van der Waals surface area contributed by atoms with Crippen molar-refractivity contribution in [3.63, 3.8) is 0 Å². The zero-order valence-electron chi connectivity index (χ0n) is 12.9. The third-order valence-corrected chi connectivity index (χ3v) is 3.52. The predicted molar refractivity (Wildman–Crippen MR) is 92.0 cm³/mol. The molecule has 0 atom stereocenters. The minimum absolute atomic E-state index is 0.273. The van der Waals surface area contributed by atoms with Gasteiger partial charge in [-0.15, -0.1) is 0 Å². The van der Waals surface area contributed by atoms with E-state index in [0.717, 1.165) is 16.8 Å². The molecule has 2 rings (SSSR count). The summed E-state index contributed by atoms with van der Waals surface area (Å²) in [5.74, 6) is -0.678. The fraction of sp³-hybridized carbons (Fsp3) is 0.176. The highest BCUT2D eigenvalue weighted by Crippen LogP contribution is 2.17. The third-order valence-electron chi connectivity index (χ3n) is 3.27. The van der Waals surface area contributed by atoms with Gasteiger partial charge in [-0.3, -0.25) is 0 Å². The number of esters is 1. The van der Waals surface area contributed by atoms with Crippen LogP contribution in [0.1, 0.15) is 21.5 Å². The Hall–Kier alpha value is -2.47. The summed E-state index contributed by atoms with van der Waals surface area (Å²) in [6, 6.07) is 11.4. The molecule has 2 aromatic rings. The average Bonchev–Trinajstić information content (AvgIpc) is 2.55. The quantitative estimate of drug-likeness (QED) is 0.664. The van der Waals surface area contributed by atoms with Crippen LogP contribution in [0.2, 0.25) is 0 Å². The first-order chi connectivity index (χ1) is 11.0. The zero-order valence-corrected chi connectivity index (χ0v) is 13.7. The van der Waals surface area contributed by atoms with Gasteiger partial charge < -0.3 is 15.4 Å². The Balaban J connectivity index is 1.99. The lowest BCUT2D eigenvalue weighted by atomic mass is 10.1. The lowest BCUT2D eigenvalue weighted by molar-refractivity contribution is 0.0601. The van der Waals surface area contributed by atoms with E-state index in [2.05, 4.69) is 10.6 Å². The van der Waals surface area contributed by atoms with E-state index in [9.17, 15) is 9.18 Å². The smallest absolute Gasteiger partial charge is 0.337 e. The van der Waals surface area contributed by atoms with Crippen LogP contribution in [-0.4, -0.2) is 18.2 Å². The molecule has 2 N–H and O–H groups in total. The Bertz CT molecular complexity index is 717. The number of ether oxygens (including phenoxy) is 1. The van der Waals surface area contributed by atoms with Crippen LogP contribution in [0.4, 0.5) is 10.1 Å². The topological polar surface area (TPSA) is 50.4 Å². The molecule has 0 saturated heterocycles. The summed E-state index contributed by atoms with van der Waals surface area (Å²) in [4.78, 5) is 11.6. The van der Waals surface area contributed by atoms with Gasteiger partial charge in [0.25, 0.3) is 0 Å². The van der Waals surface area contributed by atoms with Gasteiger partial charge in [-0.25, -0.2) is 9.18 Å². The Kier molecular flexibility index (Phi) is 5.65. The van der Waals surface area contributed by atoms with Crippen molar-refractivity contribution in [1.82, 2.24) is 5.32 Å². The van der Waals surface area contributed by atoms with Gasteiger partial charge in [-0.05, 0) is 54.5 Å². The van der Waals surface area contributed by atoms with Crippen molar-refractivity contribution in [3.05, 3.63) is 65.0 Å². The molecule has 6 heteroatoms. The maximum Gasteiger partial charge on any atom is 0.337 e. The second kappa shape index (κ2) is 7.69. The first-order valence-electron chi connectivity index (χ1n) is 6.98. The van der Waals surface area contributed by atoms with Crippen LogP contribution in [0.5, 0.6) is 0 Å². The molecule has 0 unspecified atom stereocenters. The van der Waals surface area contributed by atoms with E-state index >= 15 is 0 Å². The third kappa shape index (κ3) is 4.75. The second-order valence-corrected chi connectivity index (χ2v) is 5.36. The first kappa shape index (κ1) is 16.9. The van der Waals surface area contributed by atoms with Crippen molar-refractivity contribution in [2.24, 2.45) is 0 Å². The largest absolute Gasteiger partial charge is 0.465 e. The number of nitrogens with one attached hydrogen (secondary N) is 2. The monoisotopic (exact) mass is 332 g/mol. The van der Waals surface area contributed by atoms with E-state index in [1.807, 2.05) is 13.0 Å². The molecule has 0 spiro atoms. The van der Waals surface area contributed by atoms with Crippen molar-refractivity contribution in [3.8, 4) is 0 Å². The van der Waals surface area contributed by atoms with E-state index in [4.69, 9.17) is 17.0 Å². The molecule has 0 fully saturated rings. The first-order valence-corrected chi connectivity index (χ1v) is 7.38. The summed E-state index contributed by atoms with van der Waals surface area (Å²) < 4.78 is 17.6. The summed E-state index contributed by atoms with van der Waals surface area (Å²) >= 11 is 5.25. The second-order valence-electron chi connectivity index (χ2n) is 4.96. The van der Waals surface area contributed by atoms with Crippen molar-refractivity contribution in [1.29, 1.82) is 0 Å². The fourth-order valence-electron chi connectivity index (χ4n) is 1.95. The summed E-state index contributed by atoms with van der Waals surface area (Å²) in [5.41, 5.74) is 3.03. The summed E-state index contributed by atoms with van der Waals surface area (Å²) in [6.07, 6.45) is 0. The van der Waals surface area contributed by atoms with Crippen molar-refractivity contribution < 1.29 is 13.9 Å². The van der Waals surface area contributed by atoms with E-state index in [1.54, 1.807) is 24.3 Å². The molecule has 0 heterocycles. The van der Waals surface area contributed by atoms with E-state index in [-0.39, 0.29) is 5.82 Å². The van der Waals surface area contributed by atoms with Gasteiger partial charge in [0.15, 0.2) is 5.11 Å². The van der Waals surface area contributed by atoms with Crippen molar-refractivity contribution in [2.45, 2.75) is 13.5 Å². The van der Waals surface area contributed by atoms with Crippen LogP contribution >= 0.6 is 12.2 Å². The standard InChI is InChI=1S/C17H17FN2O2S/c1-11-3-6-13(16(21)22-2)9-15(11)20-17(23)19-10-12-4-7-14(18)8-5-12/h3-9H,10H2,1-2H3,(H2,19,20,23). The SMILES string of the molecule is COC(=O)c1ccc(C)c(NC(=S)NCc2ccc(F)cc2)c1. The predicted octanol–water partition coefficient (Wildman–Crippen LogP) is 3.41. The molecule has 2 aromatic carbocycles.